The lowest BCUT2D eigenvalue weighted by Crippen LogP contribution is -2.26. The molecule has 1 atom stereocenters. The van der Waals surface area contributed by atoms with Crippen molar-refractivity contribution in [1.82, 2.24) is 10.9 Å². The molecule has 0 saturated carbocycles. The molecule has 46 valence electrons. The Balaban J connectivity index is 2.42. The van der Waals surface area contributed by atoms with Gasteiger partial charge >= 0.3 is 0 Å². The maximum Gasteiger partial charge on any atom is 0.240 e. The predicted molar refractivity (Wildman–Crippen MR) is 26.7 cm³/mol. The Morgan fingerprint density at radius 2 is 2.62 bits per heavy atom. The Labute approximate surface area is 46.9 Å². The highest BCUT2D eigenvalue weighted by Gasteiger charge is 2.21. The zero-order chi connectivity index (χ0) is 5.98. The standard InChI is InChI=1S/C4H8N2O2/c7-2-3-1-5-6-4(3)8/h3,5,7H,1-2H2,(H,6,8). The summed E-state index contributed by atoms with van der Waals surface area (Å²) in [7, 11) is 0. The summed E-state index contributed by atoms with van der Waals surface area (Å²) < 4.78 is 0. The fraction of sp³-hybridized carbons (Fsp3) is 0.750. The summed E-state index contributed by atoms with van der Waals surface area (Å²) in [5.74, 6) is -0.359. The van der Waals surface area contributed by atoms with Crippen LogP contribution in [0.1, 0.15) is 0 Å². The van der Waals surface area contributed by atoms with Crippen molar-refractivity contribution in [3.8, 4) is 0 Å². The van der Waals surface area contributed by atoms with Crippen LogP contribution in [-0.4, -0.2) is 24.2 Å². The Bertz CT molecular complexity index is 104. The predicted octanol–water partition coefficient (Wildman–Crippen LogP) is -1.77. The van der Waals surface area contributed by atoms with Crippen LogP contribution in [0.15, 0.2) is 0 Å². The Morgan fingerprint density at radius 3 is 2.88 bits per heavy atom. The van der Waals surface area contributed by atoms with Gasteiger partial charge in [-0.05, 0) is 0 Å². The number of hydrogen-bond donors (Lipinski definition) is 3. The normalized spacial score (nSPS) is 28.1. The van der Waals surface area contributed by atoms with Crippen LogP contribution in [0.2, 0.25) is 0 Å². The summed E-state index contributed by atoms with van der Waals surface area (Å²) in [5, 5.41) is 8.44. The van der Waals surface area contributed by atoms with Crippen LogP contribution >= 0.6 is 0 Å². The van der Waals surface area contributed by atoms with E-state index in [1.54, 1.807) is 0 Å². The largest absolute Gasteiger partial charge is 0.395 e. The fourth-order valence-corrected chi connectivity index (χ4v) is 0.604. The van der Waals surface area contributed by atoms with Gasteiger partial charge in [0.05, 0.1) is 12.5 Å². The molecular formula is C4H8N2O2. The highest BCUT2D eigenvalue weighted by molar-refractivity contribution is 5.80. The van der Waals surface area contributed by atoms with Gasteiger partial charge in [0.2, 0.25) is 5.91 Å². The van der Waals surface area contributed by atoms with E-state index in [0.717, 1.165) is 0 Å². The summed E-state index contributed by atoms with van der Waals surface area (Å²) in [4.78, 5) is 10.5. The Hall–Kier alpha value is -0.610. The van der Waals surface area contributed by atoms with Gasteiger partial charge in [0.1, 0.15) is 0 Å². The molecule has 1 aliphatic rings. The number of hydrogen-bond acceptors (Lipinski definition) is 3. The third-order valence-corrected chi connectivity index (χ3v) is 1.15. The van der Waals surface area contributed by atoms with Gasteiger partial charge in [-0.1, -0.05) is 0 Å². The van der Waals surface area contributed by atoms with Gasteiger partial charge in [0, 0.05) is 6.54 Å². The molecule has 0 spiro atoms. The zero-order valence-electron chi connectivity index (χ0n) is 4.35. The minimum Gasteiger partial charge on any atom is -0.395 e. The first-order valence-electron chi connectivity index (χ1n) is 2.48. The van der Waals surface area contributed by atoms with Crippen molar-refractivity contribution in [2.45, 2.75) is 0 Å². The van der Waals surface area contributed by atoms with Gasteiger partial charge in [-0.15, -0.1) is 0 Å². The number of amides is 1. The second-order valence-corrected chi connectivity index (χ2v) is 1.75. The summed E-state index contributed by atoms with van der Waals surface area (Å²) in [6, 6.07) is 0. The SMILES string of the molecule is O=C1NNCC1CO. The quantitative estimate of drug-likeness (QED) is 0.380. The monoisotopic (exact) mass is 116 g/mol. The van der Waals surface area contributed by atoms with Crippen LogP contribution < -0.4 is 10.9 Å². The van der Waals surface area contributed by atoms with E-state index in [1.165, 1.54) is 0 Å². The molecule has 0 aromatic rings. The summed E-state index contributed by atoms with van der Waals surface area (Å²) in [6.07, 6.45) is 0. The lowest BCUT2D eigenvalue weighted by molar-refractivity contribution is -0.123. The van der Waals surface area contributed by atoms with Crippen molar-refractivity contribution >= 4 is 5.91 Å². The van der Waals surface area contributed by atoms with Crippen molar-refractivity contribution in [2.75, 3.05) is 13.2 Å². The lowest BCUT2D eigenvalue weighted by Gasteiger charge is -1.95. The Kier molecular flexibility index (Phi) is 1.45. The van der Waals surface area contributed by atoms with Gasteiger partial charge < -0.3 is 5.11 Å². The van der Waals surface area contributed by atoms with Crippen LogP contribution in [-0.2, 0) is 4.79 Å². The number of rotatable bonds is 1. The molecule has 1 saturated heterocycles. The van der Waals surface area contributed by atoms with Crippen molar-refractivity contribution in [2.24, 2.45) is 5.92 Å². The maximum atomic E-state index is 10.5. The molecular weight excluding hydrogens is 108 g/mol. The minimum absolute atomic E-state index is 0.0706. The second-order valence-electron chi connectivity index (χ2n) is 1.75. The summed E-state index contributed by atoms with van der Waals surface area (Å²) >= 11 is 0. The van der Waals surface area contributed by atoms with E-state index in [1.807, 2.05) is 0 Å². The molecule has 0 aromatic carbocycles. The van der Waals surface area contributed by atoms with Crippen LogP contribution in [0.4, 0.5) is 0 Å². The Morgan fingerprint density at radius 1 is 1.88 bits per heavy atom. The highest BCUT2D eigenvalue weighted by Crippen LogP contribution is 1.95. The number of carbonyl (C=O) groups is 1. The zero-order valence-corrected chi connectivity index (χ0v) is 4.35. The number of carbonyl (C=O) groups excluding carboxylic acids is 1. The molecule has 1 aliphatic heterocycles. The van der Waals surface area contributed by atoms with Crippen LogP contribution in [0.25, 0.3) is 0 Å². The molecule has 0 aliphatic carbocycles. The minimum atomic E-state index is -0.241. The summed E-state index contributed by atoms with van der Waals surface area (Å²) in [6.45, 7) is 0.466. The number of aliphatic hydroxyl groups excluding tert-OH is 1. The molecule has 4 heteroatoms. The first-order chi connectivity index (χ1) is 3.84. The molecule has 1 amide bonds. The van der Waals surface area contributed by atoms with Crippen molar-refractivity contribution in [1.29, 1.82) is 0 Å². The van der Waals surface area contributed by atoms with Crippen LogP contribution in [0, 0.1) is 5.92 Å². The number of hydrazine groups is 1. The molecule has 1 rings (SSSR count). The maximum absolute atomic E-state index is 10.5. The molecule has 8 heavy (non-hydrogen) atoms. The van der Waals surface area contributed by atoms with E-state index < -0.39 is 0 Å². The van der Waals surface area contributed by atoms with Crippen molar-refractivity contribution < 1.29 is 9.90 Å². The van der Waals surface area contributed by atoms with E-state index in [9.17, 15) is 4.79 Å². The summed E-state index contributed by atoms with van der Waals surface area (Å²) in [5.41, 5.74) is 4.99. The lowest BCUT2D eigenvalue weighted by atomic mass is 10.2. The second kappa shape index (κ2) is 2.11. The fourth-order valence-electron chi connectivity index (χ4n) is 0.604. The molecule has 3 N–H and O–H groups in total. The molecule has 1 unspecified atom stereocenters. The number of aliphatic hydroxyl groups is 1. The van der Waals surface area contributed by atoms with Gasteiger partial charge in [-0.2, -0.15) is 0 Å². The topological polar surface area (TPSA) is 61.4 Å². The van der Waals surface area contributed by atoms with E-state index >= 15 is 0 Å². The third-order valence-electron chi connectivity index (χ3n) is 1.15. The van der Waals surface area contributed by atoms with E-state index in [0.29, 0.717) is 6.54 Å². The molecule has 1 heterocycles. The molecule has 0 radical (unpaired) electrons. The van der Waals surface area contributed by atoms with E-state index in [4.69, 9.17) is 5.11 Å². The van der Waals surface area contributed by atoms with Crippen molar-refractivity contribution in [3.05, 3.63) is 0 Å². The molecule has 1 fully saturated rings. The average Bonchev–Trinajstić information content (AvgIpc) is 2.14. The first-order valence-corrected chi connectivity index (χ1v) is 2.48. The average molecular weight is 116 g/mol. The van der Waals surface area contributed by atoms with Gasteiger partial charge in [-0.3, -0.25) is 10.2 Å². The third kappa shape index (κ3) is 0.801. The van der Waals surface area contributed by atoms with Gasteiger partial charge in [-0.25, -0.2) is 5.43 Å². The van der Waals surface area contributed by atoms with E-state index in [-0.39, 0.29) is 18.4 Å². The smallest absolute Gasteiger partial charge is 0.240 e. The van der Waals surface area contributed by atoms with Gasteiger partial charge in [0.15, 0.2) is 0 Å². The van der Waals surface area contributed by atoms with E-state index in [2.05, 4.69) is 10.9 Å². The number of nitrogens with one attached hydrogen (secondary N) is 2. The molecule has 0 bridgehead atoms. The first kappa shape index (κ1) is 5.53. The van der Waals surface area contributed by atoms with Crippen LogP contribution in [0.3, 0.4) is 0 Å². The van der Waals surface area contributed by atoms with Crippen molar-refractivity contribution in [3.63, 3.8) is 0 Å². The van der Waals surface area contributed by atoms with Gasteiger partial charge in [0.25, 0.3) is 0 Å². The molecule has 4 nitrogen and oxygen atoms in total. The molecule has 0 aromatic heterocycles. The van der Waals surface area contributed by atoms with Crippen LogP contribution in [0.5, 0.6) is 0 Å². The highest BCUT2D eigenvalue weighted by atomic mass is 16.3.